The number of nitrogens with one attached hydrogen (secondary N) is 2. The summed E-state index contributed by atoms with van der Waals surface area (Å²) in [7, 11) is 0. The molecule has 6 nitrogen and oxygen atoms in total. The average Bonchev–Trinajstić information content (AvgIpc) is 2.67. The van der Waals surface area contributed by atoms with Crippen molar-refractivity contribution in [2.45, 2.75) is 33.2 Å². The number of unbranched alkanes of at least 4 members (excludes halogenated alkanes) is 1. The Kier molecular flexibility index (Phi) is 9.90. The molecule has 0 aromatic heterocycles. The Bertz CT molecular complexity index is 530. The molecule has 1 heterocycles. The lowest BCUT2D eigenvalue weighted by atomic mass is 10.2. The summed E-state index contributed by atoms with van der Waals surface area (Å²) >= 11 is 0. The number of hydrogen-bond acceptors (Lipinski definition) is 4. The minimum absolute atomic E-state index is 0.641. The minimum atomic E-state index is 0.641. The molecule has 0 atom stereocenters. The van der Waals surface area contributed by atoms with Crippen LogP contribution in [0.15, 0.2) is 29.3 Å². The van der Waals surface area contributed by atoms with Crippen LogP contribution in [0.5, 0.6) is 5.75 Å². The fourth-order valence-electron chi connectivity index (χ4n) is 2.75. The molecule has 0 bridgehead atoms. The summed E-state index contributed by atoms with van der Waals surface area (Å²) in [6, 6.07) is 8.22. The molecule has 1 aromatic carbocycles. The van der Waals surface area contributed by atoms with Gasteiger partial charge in [-0.25, -0.2) is 4.99 Å². The highest BCUT2D eigenvalue weighted by Crippen LogP contribution is 2.14. The molecule has 0 aliphatic carbocycles. The zero-order valence-electron chi connectivity index (χ0n) is 16.3. The summed E-state index contributed by atoms with van der Waals surface area (Å²) in [5, 5.41) is 6.66. The van der Waals surface area contributed by atoms with Gasteiger partial charge < -0.3 is 20.1 Å². The van der Waals surface area contributed by atoms with Gasteiger partial charge in [-0.05, 0) is 31.0 Å². The molecule has 0 saturated carbocycles. The number of morpholine rings is 1. The van der Waals surface area contributed by atoms with Crippen LogP contribution >= 0.6 is 0 Å². The summed E-state index contributed by atoms with van der Waals surface area (Å²) in [5.74, 6) is 1.79. The van der Waals surface area contributed by atoms with E-state index in [2.05, 4.69) is 46.5 Å². The topological polar surface area (TPSA) is 58.1 Å². The van der Waals surface area contributed by atoms with Gasteiger partial charge in [0, 0.05) is 32.7 Å². The van der Waals surface area contributed by atoms with Gasteiger partial charge in [0.2, 0.25) is 0 Å². The molecule has 146 valence electrons. The molecule has 1 fully saturated rings. The Morgan fingerprint density at radius 2 is 2.08 bits per heavy atom. The smallest absolute Gasteiger partial charge is 0.191 e. The van der Waals surface area contributed by atoms with E-state index in [1.54, 1.807) is 0 Å². The van der Waals surface area contributed by atoms with Crippen LogP contribution in [0.2, 0.25) is 0 Å². The maximum atomic E-state index is 5.92. The molecule has 2 rings (SSSR count). The van der Waals surface area contributed by atoms with E-state index in [0.29, 0.717) is 13.2 Å². The van der Waals surface area contributed by atoms with Crippen molar-refractivity contribution in [2.24, 2.45) is 4.99 Å². The quantitative estimate of drug-likeness (QED) is 0.380. The lowest BCUT2D eigenvalue weighted by Crippen LogP contribution is -2.38. The molecule has 1 aliphatic rings. The third-order valence-electron chi connectivity index (χ3n) is 4.27. The van der Waals surface area contributed by atoms with E-state index >= 15 is 0 Å². The van der Waals surface area contributed by atoms with Crippen LogP contribution in [0.3, 0.4) is 0 Å². The zero-order chi connectivity index (χ0) is 18.5. The van der Waals surface area contributed by atoms with Crippen LogP contribution in [0, 0.1) is 0 Å². The molecule has 0 unspecified atom stereocenters. The maximum Gasteiger partial charge on any atom is 0.191 e. The van der Waals surface area contributed by atoms with Gasteiger partial charge in [-0.1, -0.05) is 25.5 Å². The molecule has 2 N–H and O–H groups in total. The van der Waals surface area contributed by atoms with Crippen LogP contribution in [0.1, 0.15) is 32.3 Å². The second-order valence-corrected chi connectivity index (χ2v) is 6.43. The van der Waals surface area contributed by atoms with Crippen molar-refractivity contribution < 1.29 is 9.47 Å². The standard InChI is InChI=1S/C20H34N4O2/c1-3-5-9-22-20(21-4-2)23-17-18-7-6-8-19(16-18)26-15-12-24-10-13-25-14-11-24/h6-8,16H,3-5,9-15,17H2,1-2H3,(H2,21,22,23). The van der Waals surface area contributed by atoms with Crippen molar-refractivity contribution in [3.8, 4) is 5.75 Å². The van der Waals surface area contributed by atoms with Crippen molar-refractivity contribution >= 4 is 5.96 Å². The normalized spacial score (nSPS) is 15.7. The summed E-state index contributed by atoms with van der Waals surface area (Å²) in [6.07, 6.45) is 2.33. The second kappa shape index (κ2) is 12.5. The average molecular weight is 363 g/mol. The van der Waals surface area contributed by atoms with E-state index in [-0.39, 0.29) is 0 Å². The van der Waals surface area contributed by atoms with Gasteiger partial charge in [-0.3, -0.25) is 4.90 Å². The molecule has 0 spiro atoms. The molecule has 1 aliphatic heterocycles. The number of nitrogens with zero attached hydrogens (tertiary/aromatic N) is 2. The molecule has 1 saturated heterocycles. The predicted molar refractivity (Wildman–Crippen MR) is 107 cm³/mol. The first-order valence-electron chi connectivity index (χ1n) is 9.85. The number of aliphatic imine (C=N–C) groups is 1. The highest BCUT2D eigenvalue weighted by molar-refractivity contribution is 5.79. The van der Waals surface area contributed by atoms with Gasteiger partial charge in [-0.15, -0.1) is 0 Å². The second-order valence-electron chi connectivity index (χ2n) is 6.43. The molecule has 0 radical (unpaired) electrons. The van der Waals surface area contributed by atoms with E-state index in [1.807, 2.05) is 12.1 Å². The summed E-state index contributed by atoms with van der Waals surface area (Å²) < 4.78 is 11.3. The van der Waals surface area contributed by atoms with E-state index < -0.39 is 0 Å². The van der Waals surface area contributed by atoms with Crippen LogP contribution in [-0.2, 0) is 11.3 Å². The first-order valence-corrected chi connectivity index (χ1v) is 9.85. The Hall–Kier alpha value is -1.79. The van der Waals surface area contributed by atoms with Crippen molar-refractivity contribution in [1.29, 1.82) is 0 Å². The highest BCUT2D eigenvalue weighted by Gasteiger charge is 2.09. The lowest BCUT2D eigenvalue weighted by Gasteiger charge is -2.26. The molecule has 1 aromatic rings. The highest BCUT2D eigenvalue weighted by atomic mass is 16.5. The van der Waals surface area contributed by atoms with E-state index in [0.717, 1.165) is 69.6 Å². The van der Waals surface area contributed by atoms with Crippen LogP contribution < -0.4 is 15.4 Å². The van der Waals surface area contributed by atoms with Crippen LogP contribution in [0.25, 0.3) is 0 Å². The van der Waals surface area contributed by atoms with Gasteiger partial charge in [0.25, 0.3) is 0 Å². The Morgan fingerprint density at radius 1 is 1.23 bits per heavy atom. The van der Waals surface area contributed by atoms with Gasteiger partial charge in [-0.2, -0.15) is 0 Å². The summed E-state index contributed by atoms with van der Waals surface area (Å²) in [5.41, 5.74) is 1.15. The van der Waals surface area contributed by atoms with E-state index in [4.69, 9.17) is 9.47 Å². The van der Waals surface area contributed by atoms with Crippen molar-refractivity contribution in [3.05, 3.63) is 29.8 Å². The monoisotopic (exact) mass is 362 g/mol. The Balaban J connectivity index is 1.79. The van der Waals surface area contributed by atoms with E-state index in [9.17, 15) is 0 Å². The van der Waals surface area contributed by atoms with Crippen LogP contribution in [0.4, 0.5) is 0 Å². The first kappa shape index (κ1) is 20.5. The van der Waals surface area contributed by atoms with Crippen LogP contribution in [-0.4, -0.2) is 63.4 Å². The van der Waals surface area contributed by atoms with E-state index in [1.165, 1.54) is 6.42 Å². The third kappa shape index (κ3) is 8.06. The number of benzene rings is 1. The van der Waals surface area contributed by atoms with Crippen molar-refractivity contribution in [3.63, 3.8) is 0 Å². The summed E-state index contributed by atoms with van der Waals surface area (Å²) in [6.45, 7) is 12.0. The van der Waals surface area contributed by atoms with Gasteiger partial charge in [0.05, 0.1) is 19.8 Å². The predicted octanol–water partition coefficient (Wildman–Crippen LogP) is 2.25. The number of hydrogen-bond donors (Lipinski definition) is 2. The SMILES string of the molecule is CCCCNC(=NCc1cccc(OCCN2CCOCC2)c1)NCC. The van der Waals surface area contributed by atoms with Crippen molar-refractivity contribution in [2.75, 3.05) is 52.5 Å². The largest absolute Gasteiger partial charge is 0.492 e. The lowest BCUT2D eigenvalue weighted by molar-refractivity contribution is 0.0322. The molecular formula is C20H34N4O2. The third-order valence-corrected chi connectivity index (χ3v) is 4.27. The Morgan fingerprint density at radius 3 is 2.85 bits per heavy atom. The molecule has 26 heavy (non-hydrogen) atoms. The van der Waals surface area contributed by atoms with Gasteiger partial charge in [0.15, 0.2) is 5.96 Å². The number of rotatable bonds is 10. The van der Waals surface area contributed by atoms with Crippen molar-refractivity contribution in [1.82, 2.24) is 15.5 Å². The number of guanidine groups is 1. The molecule has 0 amide bonds. The number of ether oxygens (including phenoxy) is 2. The fraction of sp³-hybridized carbons (Fsp3) is 0.650. The van der Waals surface area contributed by atoms with Gasteiger partial charge >= 0.3 is 0 Å². The Labute approximate surface area is 158 Å². The fourth-order valence-corrected chi connectivity index (χ4v) is 2.75. The van der Waals surface area contributed by atoms with Gasteiger partial charge in [0.1, 0.15) is 12.4 Å². The summed E-state index contributed by atoms with van der Waals surface area (Å²) in [4.78, 5) is 7.04. The zero-order valence-corrected chi connectivity index (χ0v) is 16.3. The molecule has 6 heteroatoms. The first-order chi connectivity index (χ1) is 12.8. The maximum absolute atomic E-state index is 5.92. The minimum Gasteiger partial charge on any atom is -0.492 e. The molecular weight excluding hydrogens is 328 g/mol.